The minimum atomic E-state index is -2.21. The topological polar surface area (TPSA) is 175 Å². The number of amides is 4. The number of ether oxygens (including phenoxy) is 2. The van der Waals surface area contributed by atoms with Crippen molar-refractivity contribution in [1.82, 2.24) is 45.0 Å². The number of likely N-dealkylation sites (tertiary alicyclic amines) is 1. The number of fused-ring (bicyclic) bond motifs is 6. The van der Waals surface area contributed by atoms with E-state index in [1.807, 2.05) is 65.1 Å². The summed E-state index contributed by atoms with van der Waals surface area (Å²) in [6, 6.07) is 8.21. The maximum Gasteiger partial charge on any atom is 0.355 e. The summed E-state index contributed by atoms with van der Waals surface area (Å²) in [7, 11) is 7.36. The van der Waals surface area contributed by atoms with E-state index in [-0.39, 0.29) is 50.1 Å². The van der Waals surface area contributed by atoms with Crippen molar-refractivity contribution in [2.45, 2.75) is 123 Å². The zero-order valence-electron chi connectivity index (χ0n) is 40.3. The van der Waals surface area contributed by atoms with E-state index in [0.717, 1.165) is 63.9 Å². The van der Waals surface area contributed by atoms with Gasteiger partial charge in [0.1, 0.15) is 12.1 Å². The molecule has 66 heavy (non-hydrogen) atoms. The van der Waals surface area contributed by atoms with Crippen molar-refractivity contribution in [3.63, 3.8) is 0 Å². The third-order valence-corrected chi connectivity index (χ3v) is 14.4. The fourth-order valence-electron chi connectivity index (χ4n) is 9.84. The summed E-state index contributed by atoms with van der Waals surface area (Å²) in [6.07, 6.45) is 5.19. The van der Waals surface area contributed by atoms with Crippen molar-refractivity contribution >= 4 is 46.1 Å². The number of pyridine rings is 1. The second-order valence-corrected chi connectivity index (χ2v) is 20.6. The number of hydrogen-bond acceptors (Lipinski definition) is 12. The molecule has 358 valence electrons. The molecule has 7 rings (SSSR count). The summed E-state index contributed by atoms with van der Waals surface area (Å²) in [5, 5.41) is 19.7. The monoisotopic (exact) mass is 928 g/mol. The molecule has 6 heterocycles. The molecule has 3 N–H and O–H groups in total. The van der Waals surface area contributed by atoms with Crippen molar-refractivity contribution in [2.75, 3.05) is 54.5 Å². The Bertz CT molecular complexity index is 2410. The van der Waals surface area contributed by atoms with E-state index in [1.165, 1.54) is 21.2 Å². The van der Waals surface area contributed by atoms with Gasteiger partial charge < -0.3 is 39.2 Å². The van der Waals surface area contributed by atoms with E-state index in [2.05, 4.69) is 51.4 Å². The molecule has 3 aliphatic heterocycles. The van der Waals surface area contributed by atoms with E-state index in [9.17, 15) is 24.3 Å². The van der Waals surface area contributed by atoms with Gasteiger partial charge in [-0.05, 0) is 89.4 Å². The number of hydrogen-bond donors (Lipinski definition) is 3. The number of likely N-dealkylation sites (N-methyl/N-ethyl adjacent to an activating group) is 2. The van der Waals surface area contributed by atoms with Gasteiger partial charge in [-0.2, -0.15) is 5.43 Å². The van der Waals surface area contributed by atoms with Crippen molar-refractivity contribution in [1.29, 1.82) is 0 Å². The molecule has 6 bridgehead atoms. The Labute approximate surface area is 393 Å². The van der Waals surface area contributed by atoms with E-state index in [0.29, 0.717) is 37.5 Å². The summed E-state index contributed by atoms with van der Waals surface area (Å²) in [6.45, 7) is 13.9. The van der Waals surface area contributed by atoms with Crippen LogP contribution in [0.15, 0.2) is 41.9 Å². The fourth-order valence-corrected chi connectivity index (χ4v) is 10.7. The van der Waals surface area contributed by atoms with Gasteiger partial charge in [-0.15, -0.1) is 11.3 Å². The zero-order valence-corrected chi connectivity index (χ0v) is 41.2. The number of esters is 1. The highest BCUT2D eigenvalue weighted by Gasteiger charge is 2.46. The standard InChI is InChI=1S/C49H69N9O7S/c1-11-57-39-19-18-32-24-35(39)36(43(57)34-17-14-21-50-41(34)31(4)64-10)26-48(5,6)29-65-46(61)49(63)20-15-23-58(53-49)45(60)37(25-40-51-38(32)28-66-40)52-44(59)42(30(2)3)55(9)47(62)56-22-13-12-16-33(27-56)54(7)8/h14,17-19,21,24,28,30-31,33,37,42,53,63H,11-13,15-16,20,22-23,25-27,29H2,1-10H3,(H,52,59)/t31-,33+,37-,42-,49-/m0/s1. The van der Waals surface area contributed by atoms with E-state index in [4.69, 9.17) is 19.4 Å². The van der Waals surface area contributed by atoms with Crippen LogP contribution in [0.1, 0.15) is 96.0 Å². The van der Waals surface area contributed by atoms with Crippen molar-refractivity contribution in [3.8, 4) is 22.5 Å². The number of nitrogens with zero attached hydrogens (tertiary/aromatic N) is 7. The number of aliphatic hydroxyl groups is 1. The average molecular weight is 928 g/mol. The van der Waals surface area contributed by atoms with Crippen LogP contribution in [0.5, 0.6) is 0 Å². The van der Waals surface area contributed by atoms with Gasteiger partial charge in [0.25, 0.3) is 5.91 Å². The van der Waals surface area contributed by atoms with Crippen LogP contribution in [0.2, 0.25) is 0 Å². The lowest BCUT2D eigenvalue weighted by molar-refractivity contribution is -0.189. The van der Waals surface area contributed by atoms with Crippen LogP contribution in [0.3, 0.4) is 0 Å². The van der Waals surface area contributed by atoms with Crippen LogP contribution in [-0.2, 0) is 43.2 Å². The molecule has 16 nitrogen and oxygen atoms in total. The number of aromatic nitrogens is 3. The summed E-state index contributed by atoms with van der Waals surface area (Å²) in [5.41, 5.74) is 6.40. The van der Waals surface area contributed by atoms with Gasteiger partial charge in [-0.1, -0.05) is 40.2 Å². The minimum absolute atomic E-state index is 0.00873. The van der Waals surface area contributed by atoms with Crippen LogP contribution in [0.25, 0.3) is 33.4 Å². The number of carbonyl (C=O) groups excluding carboxylic acids is 4. The lowest BCUT2D eigenvalue weighted by Crippen LogP contribution is -2.67. The molecule has 3 aliphatic rings. The molecular weight excluding hydrogens is 859 g/mol. The van der Waals surface area contributed by atoms with E-state index < -0.39 is 41.0 Å². The third kappa shape index (κ3) is 10.1. The van der Waals surface area contributed by atoms with Crippen LogP contribution >= 0.6 is 11.3 Å². The first-order valence-corrected chi connectivity index (χ1v) is 24.3. The molecule has 1 aromatic carbocycles. The molecule has 5 atom stereocenters. The Morgan fingerprint density at radius 3 is 2.59 bits per heavy atom. The zero-order chi connectivity index (χ0) is 47.7. The second-order valence-electron chi connectivity index (χ2n) is 19.6. The number of hydrazine groups is 1. The molecule has 2 fully saturated rings. The van der Waals surface area contributed by atoms with E-state index in [1.54, 1.807) is 20.4 Å². The maximum absolute atomic E-state index is 14.7. The highest BCUT2D eigenvalue weighted by Crippen LogP contribution is 2.42. The van der Waals surface area contributed by atoms with Gasteiger partial charge in [0, 0.05) is 98.2 Å². The van der Waals surface area contributed by atoms with Crippen molar-refractivity contribution in [3.05, 3.63) is 58.2 Å². The lowest BCUT2D eigenvalue weighted by Gasteiger charge is -2.40. The van der Waals surface area contributed by atoms with Crippen LogP contribution in [-0.4, -0.2) is 142 Å². The molecule has 0 spiro atoms. The SMILES string of the molecule is CCn1c(-c2cccnc2[C@H](C)OC)c2c3cc(ccc31)-c1csc(n1)C[C@H](NC(=O)[C@H](C(C)C)N(C)C(=O)N1CCCC[C@@H](N(C)C)C1)C(=O)N1CCC[C@@](O)(N1)C(=O)OCC(C)(C)C2. The number of rotatable bonds is 9. The molecule has 0 saturated carbocycles. The first kappa shape index (κ1) is 49.0. The Morgan fingerprint density at radius 1 is 1.11 bits per heavy atom. The predicted octanol–water partition coefficient (Wildman–Crippen LogP) is 6.02. The maximum atomic E-state index is 14.7. The molecule has 0 unspecified atom stereocenters. The summed E-state index contributed by atoms with van der Waals surface area (Å²) in [4.78, 5) is 72.7. The number of benzene rings is 1. The predicted molar refractivity (Wildman–Crippen MR) is 255 cm³/mol. The first-order valence-electron chi connectivity index (χ1n) is 23.4. The number of urea groups is 1. The largest absolute Gasteiger partial charge is 0.462 e. The van der Waals surface area contributed by atoms with Crippen LogP contribution in [0, 0.1) is 11.3 Å². The Kier molecular flexibility index (Phi) is 14.9. The summed E-state index contributed by atoms with van der Waals surface area (Å²) < 4.78 is 14.1. The first-order chi connectivity index (χ1) is 31.4. The fraction of sp³-hybridized carbons (Fsp3) is 0.592. The van der Waals surface area contributed by atoms with Gasteiger partial charge in [-0.25, -0.2) is 14.6 Å². The van der Waals surface area contributed by atoms with Crippen molar-refractivity contribution in [2.24, 2.45) is 11.3 Å². The number of aryl methyl sites for hydroxylation is 1. The quantitative estimate of drug-likeness (QED) is 0.168. The molecule has 3 aromatic heterocycles. The minimum Gasteiger partial charge on any atom is -0.462 e. The van der Waals surface area contributed by atoms with Crippen LogP contribution < -0.4 is 10.7 Å². The highest BCUT2D eigenvalue weighted by molar-refractivity contribution is 7.10. The summed E-state index contributed by atoms with van der Waals surface area (Å²) in [5.74, 6) is -2.24. The number of carbonyl (C=O) groups is 4. The number of thiazole rings is 1. The molecule has 4 aromatic rings. The van der Waals surface area contributed by atoms with Crippen LogP contribution in [0.4, 0.5) is 4.79 Å². The molecule has 17 heteroatoms. The molecule has 2 saturated heterocycles. The smallest absolute Gasteiger partial charge is 0.355 e. The van der Waals surface area contributed by atoms with Gasteiger partial charge in [-0.3, -0.25) is 19.6 Å². The lowest BCUT2D eigenvalue weighted by atomic mass is 9.84. The summed E-state index contributed by atoms with van der Waals surface area (Å²) >= 11 is 1.39. The molecular formula is C49H69N9O7S. The van der Waals surface area contributed by atoms with Gasteiger partial charge in [0.2, 0.25) is 11.6 Å². The van der Waals surface area contributed by atoms with Gasteiger partial charge in [0.05, 0.1) is 34.8 Å². The Hall–Kier alpha value is -4.94. The second kappa shape index (κ2) is 20.1. The average Bonchev–Trinajstić information content (AvgIpc) is 3.77. The molecule has 0 aliphatic carbocycles. The van der Waals surface area contributed by atoms with Crippen molar-refractivity contribution < 1.29 is 33.8 Å². The van der Waals surface area contributed by atoms with E-state index >= 15 is 0 Å². The molecule has 4 amide bonds. The Morgan fingerprint density at radius 2 is 1.88 bits per heavy atom. The number of cyclic esters (lactones) is 1. The van der Waals surface area contributed by atoms with Gasteiger partial charge in [0.15, 0.2) is 0 Å². The van der Waals surface area contributed by atoms with Gasteiger partial charge >= 0.3 is 12.0 Å². The Balaban J connectivity index is 1.29. The normalized spacial score (nSPS) is 22.7. The third-order valence-electron chi connectivity index (χ3n) is 13.5. The molecule has 0 radical (unpaired) electrons. The number of methoxy groups -OCH3 is 1. The number of nitrogens with one attached hydrogen (secondary N) is 2. The highest BCUT2D eigenvalue weighted by atomic mass is 32.1.